The molecule has 1 N–H and O–H groups in total. The fourth-order valence-electron chi connectivity index (χ4n) is 2.59. The van der Waals surface area contributed by atoms with Gasteiger partial charge in [-0.05, 0) is 31.4 Å². The molecule has 0 radical (unpaired) electrons. The van der Waals surface area contributed by atoms with Crippen molar-refractivity contribution in [2.24, 2.45) is 0 Å². The number of benzene rings is 1. The van der Waals surface area contributed by atoms with Crippen LogP contribution in [-0.4, -0.2) is 33.6 Å². The van der Waals surface area contributed by atoms with Crippen LogP contribution in [0.1, 0.15) is 19.3 Å². The van der Waals surface area contributed by atoms with Gasteiger partial charge in [-0.25, -0.2) is 14.8 Å². The molecule has 0 spiro atoms. The van der Waals surface area contributed by atoms with E-state index in [1.165, 1.54) is 0 Å². The number of nitrogens with zero attached hydrogens (tertiary/aromatic N) is 3. The van der Waals surface area contributed by atoms with Crippen LogP contribution in [0.25, 0.3) is 11.0 Å². The molecule has 1 fully saturated rings. The highest BCUT2D eigenvalue weighted by Gasteiger charge is 2.31. The van der Waals surface area contributed by atoms with Crippen molar-refractivity contribution >= 4 is 34.4 Å². The number of carboxylic acids is 1. The maximum absolute atomic E-state index is 11.4. The third-order valence-corrected chi connectivity index (χ3v) is 3.82. The number of aromatic nitrogens is 2. The van der Waals surface area contributed by atoms with Crippen LogP contribution in [0, 0.1) is 0 Å². The molecule has 3 rings (SSSR count). The molecule has 1 aromatic heterocycles. The molecule has 1 saturated heterocycles. The standard InChI is InChI=1S/C14H14ClN3O2/c15-12-13(17-10-6-2-1-5-9(10)16-12)18-8-4-3-7-11(18)14(19)20/h1-2,5-6,11H,3-4,7-8H2,(H,19,20)/t11-/m1/s1. The molecular weight excluding hydrogens is 278 g/mol. The number of para-hydroxylation sites is 2. The fourth-order valence-corrected chi connectivity index (χ4v) is 2.84. The van der Waals surface area contributed by atoms with Crippen LogP contribution < -0.4 is 4.90 Å². The second kappa shape index (κ2) is 5.25. The van der Waals surface area contributed by atoms with Crippen molar-refractivity contribution < 1.29 is 9.90 Å². The maximum Gasteiger partial charge on any atom is 0.326 e. The minimum Gasteiger partial charge on any atom is -0.480 e. The Balaban J connectivity index is 2.07. The van der Waals surface area contributed by atoms with E-state index in [9.17, 15) is 9.90 Å². The zero-order valence-corrected chi connectivity index (χ0v) is 11.5. The zero-order valence-electron chi connectivity index (χ0n) is 10.8. The number of hydrogen-bond acceptors (Lipinski definition) is 4. The molecule has 0 saturated carbocycles. The number of rotatable bonds is 2. The number of anilines is 1. The molecule has 104 valence electrons. The Morgan fingerprint density at radius 1 is 1.25 bits per heavy atom. The molecule has 0 aliphatic carbocycles. The van der Waals surface area contributed by atoms with Gasteiger partial charge in [-0.1, -0.05) is 23.7 Å². The first-order valence-electron chi connectivity index (χ1n) is 6.58. The molecule has 1 aliphatic rings. The molecule has 1 aromatic carbocycles. The molecule has 2 heterocycles. The summed E-state index contributed by atoms with van der Waals surface area (Å²) in [4.78, 5) is 21.9. The quantitative estimate of drug-likeness (QED) is 0.921. The summed E-state index contributed by atoms with van der Waals surface area (Å²) in [5.74, 6) is -0.367. The number of carbonyl (C=O) groups is 1. The highest BCUT2D eigenvalue weighted by molar-refractivity contribution is 6.32. The van der Waals surface area contributed by atoms with Crippen molar-refractivity contribution in [1.82, 2.24) is 9.97 Å². The van der Waals surface area contributed by atoms with Gasteiger partial charge in [-0.3, -0.25) is 0 Å². The van der Waals surface area contributed by atoms with Crippen molar-refractivity contribution in [2.75, 3.05) is 11.4 Å². The van der Waals surface area contributed by atoms with Gasteiger partial charge in [0.25, 0.3) is 0 Å². The van der Waals surface area contributed by atoms with E-state index in [-0.39, 0.29) is 5.15 Å². The first-order valence-corrected chi connectivity index (χ1v) is 6.96. The maximum atomic E-state index is 11.4. The average molecular weight is 292 g/mol. The Morgan fingerprint density at radius 2 is 1.95 bits per heavy atom. The van der Waals surface area contributed by atoms with Gasteiger partial charge in [0, 0.05) is 6.54 Å². The summed E-state index contributed by atoms with van der Waals surface area (Å²) in [7, 11) is 0. The second-order valence-electron chi connectivity index (χ2n) is 4.87. The summed E-state index contributed by atoms with van der Waals surface area (Å²) in [5.41, 5.74) is 1.44. The normalized spacial score (nSPS) is 19.2. The lowest BCUT2D eigenvalue weighted by Gasteiger charge is -2.34. The number of hydrogen-bond donors (Lipinski definition) is 1. The van der Waals surface area contributed by atoms with Crippen molar-refractivity contribution in [1.29, 1.82) is 0 Å². The van der Waals surface area contributed by atoms with Crippen molar-refractivity contribution in [2.45, 2.75) is 25.3 Å². The summed E-state index contributed by atoms with van der Waals surface area (Å²) in [5, 5.41) is 9.60. The number of aliphatic carboxylic acids is 1. The van der Waals surface area contributed by atoms with Crippen LogP contribution in [-0.2, 0) is 4.79 Å². The van der Waals surface area contributed by atoms with E-state index >= 15 is 0 Å². The van der Waals surface area contributed by atoms with Gasteiger partial charge in [0.15, 0.2) is 11.0 Å². The zero-order chi connectivity index (χ0) is 14.1. The summed E-state index contributed by atoms with van der Waals surface area (Å²) in [6, 6.07) is 6.86. The van der Waals surface area contributed by atoms with Crippen LogP contribution in [0.4, 0.5) is 5.82 Å². The SMILES string of the molecule is O=C(O)[C@H]1CCCCN1c1nc2ccccc2nc1Cl. The summed E-state index contributed by atoms with van der Waals surface area (Å²) in [6.07, 6.45) is 2.46. The molecule has 1 aliphatic heterocycles. The lowest BCUT2D eigenvalue weighted by molar-refractivity contribution is -0.139. The van der Waals surface area contributed by atoms with E-state index < -0.39 is 12.0 Å². The molecule has 20 heavy (non-hydrogen) atoms. The van der Waals surface area contributed by atoms with Crippen molar-refractivity contribution in [3.05, 3.63) is 29.4 Å². The van der Waals surface area contributed by atoms with E-state index in [1.807, 2.05) is 24.3 Å². The van der Waals surface area contributed by atoms with Crippen LogP contribution in [0.3, 0.4) is 0 Å². The summed E-state index contributed by atoms with van der Waals surface area (Å²) in [6.45, 7) is 0.643. The first kappa shape index (κ1) is 13.1. The minimum atomic E-state index is -0.837. The number of carboxylic acid groups (broad SMARTS) is 1. The number of fused-ring (bicyclic) bond motifs is 1. The van der Waals surface area contributed by atoms with Crippen molar-refractivity contribution in [3.8, 4) is 0 Å². The van der Waals surface area contributed by atoms with Crippen LogP contribution in [0.2, 0.25) is 5.15 Å². The lowest BCUT2D eigenvalue weighted by atomic mass is 10.0. The molecular formula is C14H14ClN3O2. The van der Waals surface area contributed by atoms with Gasteiger partial charge in [-0.2, -0.15) is 0 Å². The van der Waals surface area contributed by atoms with E-state index in [0.717, 1.165) is 18.4 Å². The summed E-state index contributed by atoms with van der Waals surface area (Å²) < 4.78 is 0. The molecule has 0 amide bonds. The Morgan fingerprint density at radius 3 is 2.65 bits per heavy atom. The van der Waals surface area contributed by atoms with Crippen LogP contribution in [0.15, 0.2) is 24.3 Å². The Kier molecular flexibility index (Phi) is 3.44. The fraction of sp³-hybridized carbons (Fsp3) is 0.357. The van der Waals surface area contributed by atoms with Crippen molar-refractivity contribution in [3.63, 3.8) is 0 Å². The van der Waals surface area contributed by atoms with Gasteiger partial charge < -0.3 is 10.0 Å². The van der Waals surface area contributed by atoms with Crippen LogP contribution >= 0.6 is 11.6 Å². The van der Waals surface area contributed by atoms with E-state index in [1.54, 1.807) is 4.90 Å². The first-order chi connectivity index (χ1) is 9.66. The topological polar surface area (TPSA) is 66.3 Å². The Bertz CT molecular complexity index is 662. The monoisotopic (exact) mass is 291 g/mol. The molecule has 6 heteroatoms. The lowest BCUT2D eigenvalue weighted by Crippen LogP contribution is -2.45. The van der Waals surface area contributed by atoms with E-state index in [2.05, 4.69) is 9.97 Å². The van der Waals surface area contributed by atoms with Crippen LogP contribution in [0.5, 0.6) is 0 Å². The van der Waals surface area contributed by atoms with E-state index in [4.69, 9.17) is 11.6 Å². The Labute approximate surface area is 121 Å². The number of halogens is 1. The predicted octanol–water partition coefficient (Wildman–Crippen LogP) is 2.73. The smallest absolute Gasteiger partial charge is 0.326 e. The van der Waals surface area contributed by atoms with Gasteiger partial charge >= 0.3 is 5.97 Å². The summed E-state index contributed by atoms with van der Waals surface area (Å²) >= 11 is 6.20. The highest BCUT2D eigenvalue weighted by atomic mass is 35.5. The largest absolute Gasteiger partial charge is 0.480 e. The van der Waals surface area contributed by atoms with Gasteiger partial charge in [0.1, 0.15) is 6.04 Å². The van der Waals surface area contributed by atoms with E-state index in [0.29, 0.717) is 24.3 Å². The Hall–Kier alpha value is -1.88. The van der Waals surface area contributed by atoms with Gasteiger partial charge in [0.05, 0.1) is 11.0 Å². The molecule has 1 atom stereocenters. The molecule has 5 nitrogen and oxygen atoms in total. The third-order valence-electron chi connectivity index (χ3n) is 3.57. The minimum absolute atomic E-state index is 0.261. The molecule has 2 aromatic rings. The average Bonchev–Trinajstić information content (AvgIpc) is 2.46. The predicted molar refractivity (Wildman–Crippen MR) is 77.2 cm³/mol. The third kappa shape index (κ3) is 2.29. The highest BCUT2D eigenvalue weighted by Crippen LogP contribution is 2.30. The van der Waals surface area contributed by atoms with Gasteiger partial charge in [-0.15, -0.1) is 0 Å². The molecule has 0 bridgehead atoms. The number of piperidine rings is 1. The second-order valence-corrected chi connectivity index (χ2v) is 5.23. The molecule has 0 unspecified atom stereocenters. The van der Waals surface area contributed by atoms with Gasteiger partial charge in [0.2, 0.25) is 0 Å².